The van der Waals surface area contributed by atoms with Gasteiger partial charge in [-0.2, -0.15) is 0 Å². The van der Waals surface area contributed by atoms with E-state index in [0.29, 0.717) is 34.1 Å². The summed E-state index contributed by atoms with van der Waals surface area (Å²) in [5.74, 6) is 0.622. The predicted molar refractivity (Wildman–Crippen MR) is 144 cm³/mol. The first-order valence-corrected chi connectivity index (χ1v) is 12.0. The number of carbonyl (C=O) groups excluding carboxylic acids is 1. The molecule has 1 aliphatic rings. The van der Waals surface area contributed by atoms with E-state index in [9.17, 15) is 14.9 Å². The van der Waals surface area contributed by atoms with E-state index in [0.717, 1.165) is 31.5 Å². The maximum absolute atomic E-state index is 12.7. The Morgan fingerprint density at radius 1 is 1.11 bits per heavy atom. The summed E-state index contributed by atoms with van der Waals surface area (Å²) in [4.78, 5) is 30.3. The molecular weight excluding hydrogens is 494 g/mol. The highest BCUT2D eigenvalue weighted by atomic mass is 32.1. The first-order valence-electron chi connectivity index (χ1n) is 11.6. The number of aromatic nitrogens is 1. The number of carbonyl (C=O) groups is 1. The predicted octanol–water partition coefficient (Wildman–Crippen LogP) is 5.14. The lowest BCUT2D eigenvalue weighted by Gasteiger charge is -2.18. The summed E-state index contributed by atoms with van der Waals surface area (Å²) in [6.45, 7) is 1.53. The topological polar surface area (TPSA) is 123 Å². The summed E-state index contributed by atoms with van der Waals surface area (Å²) in [7, 11) is 1.59. The van der Waals surface area contributed by atoms with E-state index in [1.54, 1.807) is 49.6 Å². The fourth-order valence-electron chi connectivity index (χ4n) is 4.23. The molecule has 4 aromatic rings. The fraction of sp³-hybridized carbons (Fsp3) is 0.192. The van der Waals surface area contributed by atoms with Gasteiger partial charge in [0.1, 0.15) is 17.0 Å². The highest BCUT2D eigenvalue weighted by Crippen LogP contribution is 2.32. The Labute approximate surface area is 217 Å². The van der Waals surface area contributed by atoms with Crippen LogP contribution in [0, 0.1) is 10.1 Å². The Kier molecular flexibility index (Phi) is 6.69. The molecule has 0 spiro atoms. The van der Waals surface area contributed by atoms with Gasteiger partial charge >= 0.3 is 0 Å². The summed E-state index contributed by atoms with van der Waals surface area (Å²) >= 11 is 5.28. The lowest BCUT2D eigenvalue weighted by Crippen LogP contribution is -2.34. The second-order valence-electron chi connectivity index (χ2n) is 8.49. The number of oxazole rings is 1. The summed E-state index contributed by atoms with van der Waals surface area (Å²) in [6, 6.07) is 17.1. The van der Waals surface area contributed by atoms with Crippen molar-refractivity contribution in [3.8, 4) is 17.2 Å². The Balaban J connectivity index is 1.24. The molecule has 0 unspecified atom stereocenters. The van der Waals surface area contributed by atoms with Crippen LogP contribution in [-0.4, -0.2) is 41.1 Å². The van der Waals surface area contributed by atoms with Crippen LogP contribution in [0.5, 0.6) is 5.75 Å². The van der Waals surface area contributed by atoms with E-state index in [1.165, 1.54) is 6.07 Å². The van der Waals surface area contributed by atoms with Gasteiger partial charge in [-0.05, 0) is 73.6 Å². The molecule has 0 saturated carbocycles. The third kappa shape index (κ3) is 5.21. The van der Waals surface area contributed by atoms with Crippen LogP contribution < -0.4 is 20.3 Å². The van der Waals surface area contributed by atoms with Gasteiger partial charge in [-0.1, -0.05) is 0 Å². The van der Waals surface area contributed by atoms with Crippen LogP contribution in [0.25, 0.3) is 22.6 Å². The molecule has 2 N–H and O–H groups in total. The van der Waals surface area contributed by atoms with Gasteiger partial charge in [-0.25, -0.2) is 4.98 Å². The number of rotatable bonds is 6. The Hall–Kier alpha value is -4.51. The molecule has 188 valence electrons. The van der Waals surface area contributed by atoms with Crippen molar-refractivity contribution in [3.63, 3.8) is 0 Å². The minimum absolute atomic E-state index is 0.0676. The molecule has 5 rings (SSSR count). The summed E-state index contributed by atoms with van der Waals surface area (Å²) in [5, 5.41) is 17.2. The van der Waals surface area contributed by atoms with E-state index in [2.05, 4.69) is 15.6 Å². The van der Waals surface area contributed by atoms with Crippen molar-refractivity contribution in [1.29, 1.82) is 0 Å². The third-order valence-electron chi connectivity index (χ3n) is 6.09. The molecule has 3 aromatic carbocycles. The van der Waals surface area contributed by atoms with E-state index < -0.39 is 10.8 Å². The molecule has 10 nitrogen and oxygen atoms in total. The number of thiocarbonyl (C=S) groups is 1. The van der Waals surface area contributed by atoms with Crippen LogP contribution in [0.1, 0.15) is 23.2 Å². The van der Waals surface area contributed by atoms with Crippen LogP contribution >= 0.6 is 12.2 Å². The number of benzene rings is 3. The number of nitrogens with one attached hydrogen (secondary N) is 2. The van der Waals surface area contributed by atoms with Gasteiger partial charge in [0.25, 0.3) is 11.6 Å². The number of hydrogen-bond donors (Lipinski definition) is 2. The number of ether oxygens (including phenoxy) is 1. The molecule has 0 aliphatic carbocycles. The first kappa shape index (κ1) is 24.2. The molecule has 0 atom stereocenters. The lowest BCUT2D eigenvalue weighted by molar-refractivity contribution is -0.384. The zero-order chi connectivity index (χ0) is 25.9. The van der Waals surface area contributed by atoms with Crippen LogP contribution in [0.2, 0.25) is 0 Å². The van der Waals surface area contributed by atoms with Gasteiger partial charge < -0.3 is 19.4 Å². The summed E-state index contributed by atoms with van der Waals surface area (Å²) in [6.07, 6.45) is 1.98. The molecule has 1 aliphatic heterocycles. The molecule has 0 radical (unpaired) electrons. The van der Waals surface area contributed by atoms with E-state index in [-0.39, 0.29) is 16.4 Å². The molecule has 0 bridgehead atoms. The number of nitro benzene ring substituents is 1. The van der Waals surface area contributed by atoms with Gasteiger partial charge in [-0.15, -0.1) is 0 Å². The van der Waals surface area contributed by atoms with Gasteiger partial charge in [-0.3, -0.25) is 20.2 Å². The Bertz CT molecular complexity index is 1500. The van der Waals surface area contributed by atoms with Crippen LogP contribution in [0.15, 0.2) is 65.1 Å². The molecule has 11 heteroatoms. The minimum atomic E-state index is -0.535. The van der Waals surface area contributed by atoms with Crippen LogP contribution in [0.4, 0.5) is 17.1 Å². The monoisotopic (exact) mass is 517 g/mol. The van der Waals surface area contributed by atoms with Crippen molar-refractivity contribution < 1.29 is 18.9 Å². The lowest BCUT2D eigenvalue weighted by atomic mass is 10.1. The van der Waals surface area contributed by atoms with Gasteiger partial charge in [0.15, 0.2) is 10.7 Å². The van der Waals surface area contributed by atoms with Gasteiger partial charge in [0.05, 0.1) is 12.0 Å². The van der Waals surface area contributed by atoms with Crippen molar-refractivity contribution in [2.24, 2.45) is 0 Å². The normalized spacial score (nSPS) is 12.9. The largest absolute Gasteiger partial charge is 0.497 e. The Morgan fingerprint density at radius 2 is 1.86 bits per heavy atom. The minimum Gasteiger partial charge on any atom is -0.497 e. The number of nitrogens with zero attached hydrogens (tertiary/aromatic N) is 3. The SMILES string of the molecule is COc1ccc2oc(-c3ccc(NC(=S)NC(=O)c4ccc(N5CCCC5)c([N+](=O)[O-])c4)cc3)nc2c1. The Morgan fingerprint density at radius 3 is 2.57 bits per heavy atom. The van der Waals surface area contributed by atoms with E-state index in [4.69, 9.17) is 21.4 Å². The van der Waals surface area contributed by atoms with Gasteiger partial charge in [0.2, 0.25) is 5.89 Å². The molecule has 37 heavy (non-hydrogen) atoms. The number of hydrogen-bond acceptors (Lipinski definition) is 8. The average Bonchev–Trinajstić information content (AvgIpc) is 3.58. The second-order valence-corrected chi connectivity index (χ2v) is 8.90. The molecule has 1 aromatic heterocycles. The highest BCUT2D eigenvalue weighted by molar-refractivity contribution is 7.80. The third-order valence-corrected chi connectivity index (χ3v) is 6.30. The maximum atomic E-state index is 12.7. The van der Waals surface area contributed by atoms with Crippen molar-refractivity contribution in [1.82, 2.24) is 10.3 Å². The number of methoxy groups -OCH3 is 1. The molecule has 1 amide bonds. The van der Waals surface area contributed by atoms with Gasteiger partial charge in [0, 0.05) is 42.0 Å². The number of nitro groups is 1. The zero-order valence-electron chi connectivity index (χ0n) is 19.9. The second kappa shape index (κ2) is 10.2. The maximum Gasteiger partial charge on any atom is 0.293 e. The zero-order valence-corrected chi connectivity index (χ0v) is 20.7. The molecule has 1 fully saturated rings. The smallest absolute Gasteiger partial charge is 0.293 e. The van der Waals surface area contributed by atoms with Crippen molar-refractivity contribution >= 4 is 51.4 Å². The quantitative estimate of drug-likeness (QED) is 0.203. The standard InChI is InChI=1S/C26H23N5O5S/c1-35-19-9-11-23-20(15-19)28-25(36-23)16-4-7-18(8-5-16)27-26(37)29-24(32)17-6-10-21(22(14-17)31(33)34)30-12-2-3-13-30/h4-11,14-15H,2-3,12-13H2,1H3,(H2,27,29,32,37). The summed E-state index contributed by atoms with van der Waals surface area (Å²) in [5.41, 5.74) is 3.33. The van der Waals surface area contributed by atoms with Crippen LogP contribution in [-0.2, 0) is 0 Å². The van der Waals surface area contributed by atoms with Crippen LogP contribution in [0.3, 0.4) is 0 Å². The van der Waals surface area contributed by atoms with Crippen molar-refractivity contribution in [3.05, 3.63) is 76.3 Å². The van der Waals surface area contributed by atoms with E-state index >= 15 is 0 Å². The highest BCUT2D eigenvalue weighted by Gasteiger charge is 2.24. The molecule has 1 saturated heterocycles. The molecule has 2 heterocycles. The fourth-order valence-corrected chi connectivity index (χ4v) is 4.44. The van der Waals surface area contributed by atoms with Crippen molar-refractivity contribution in [2.45, 2.75) is 12.8 Å². The number of amides is 1. The molecular formula is C26H23N5O5S. The van der Waals surface area contributed by atoms with E-state index in [1.807, 2.05) is 17.0 Å². The summed E-state index contributed by atoms with van der Waals surface area (Å²) < 4.78 is 11.0. The number of fused-ring (bicyclic) bond motifs is 1. The number of anilines is 2. The van der Waals surface area contributed by atoms with Crippen molar-refractivity contribution in [2.75, 3.05) is 30.4 Å². The average molecular weight is 518 g/mol. The first-order chi connectivity index (χ1) is 17.9.